The highest BCUT2D eigenvalue weighted by atomic mass is 35.5. The summed E-state index contributed by atoms with van der Waals surface area (Å²) in [5.41, 5.74) is 2.58. The molecule has 184 valence electrons. The minimum Gasteiger partial charge on any atom is -0.294 e. The van der Waals surface area contributed by atoms with Gasteiger partial charge in [-0.3, -0.25) is 8.98 Å². The van der Waals surface area contributed by atoms with Crippen LogP contribution in [0, 0.1) is 0 Å². The molecule has 0 spiro atoms. The van der Waals surface area contributed by atoms with Gasteiger partial charge in [-0.1, -0.05) is 79.2 Å². The zero-order valence-corrected chi connectivity index (χ0v) is 21.8. The van der Waals surface area contributed by atoms with E-state index in [9.17, 15) is 13.2 Å². The number of ketones is 1. The molecule has 1 heterocycles. The van der Waals surface area contributed by atoms with Crippen LogP contribution in [-0.2, 0) is 19.9 Å². The van der Waals surface area contributed by atoms with Crippen molar-refractivity contribution in [2.75, 3.05) is 6.26 Å². The van der Waals surface area contributed by atoms with Crippen molar-refractivity contribution >= 4 is 50.6 Å². The van der Waals surface area contributed by atoms with Gasteiger partial charge in [0.25, 0.3) is 10.1 Å². The molecular weight excluding hydrogens is 494 g/mol. The van der Waals surface area contributed by atoms with Crippen molar-refractivity contribution in [2.45, 2.75) is 25.9 Å². The molecule has 4 rings (SSSR count). The third kappa shape index (κ3) is 5.57. The highest BCUT2D eigenvalue weighted by molar-refractivity contribution is 7.86. The van der Waals surface area contributed by atoms with E-state index in [2.05, 4.69) is 4.98 Å². The highest BCUT2D eigenvalue weighted by Gasteiger charge is 2.39. The van der Waals surface area contributed by atoms with Gasteiger partial charge >= 0.3 is 0 Å². The van der Waals surface area contributed by atoms with Gasteiger partial charge in [0.05, 0.1) is 17.5 Å². The molecule has 0 unspecified atom stereocenters. The van der Waals surface area contributed by atoms with Gasteiger partial charge in [-0.05, 0) is 54.8 Å². The minimum atomic E-state index is -3.88. The van der Waals surface area contributed by atoms with Gasteiger partial charge in [-0.2, -0.15) is 8.42 Å². The monoisotopic (exact) mass is 519 g/mol. The second kappa shape index (κ2) is 10.3. The maximum Gasteiger partial charge on any atom is 0.265 e. The second-order valence-corrected chi connectivity index (χ2v) is 10.6. The molecule has 36 heavy (non-hydrogen) atoms. The molecule has 0 amide bonds. The molecule has 5 nitrogen and oxygen atoms in total. The molecule has 0 aliphatic heterocycles. The number of rotatable bonds is 8. The Kier molecular flexibility index (Phi) is 7.41. The SMILES string of the molecule is CC[C@](OS(C)(=O)=O)(c1cccc(C=Cc2ccc3ccc(Cl)cc3n2)c1)c1ccccc1C(C)=O. The van der Waals surface area contributed by atoms with Gasteiger partial charge in [0.15, 0.2) is 5.78 Å². The van der Waals surface area contributed by atoms with E-state index in [0.29, 0.717) is 28.1 Å². The molecule has 1 aromatic heterocycles. The number of aromatic nitrogens is 1. The molecule has 1 atom stereocenters. The molecule has 0 fully saturated rings. The van der Waals surface area contributed by atoms with Crippen LogP contribution >= 0.6 is 11.6 Å². The largest absolute Gasteiger partial charge is 0.294 e. The van der Waals surface area contributed by atoms with E-state index in [4.69, 9.17) is 15.8 Å². The lowest BCUT2D eigenvalue weighted by Crippen LogP contribution is -2.34. The fourth-order valence-electron chi connectivity index (χ4n) is 4.38. The number of carbonyl (C=O) groups excluding carboxylic acids is 1. The summed E-state index contributed by atoms with van der Waals surface area (Å²) in [5.74, 6) is -0.168. The van der Waals surface area contributed by atoms with Crippen LogP contribution in [0.2, 0.25) is 5.02 Å². The summed E-state index contributed by atoms with van der Waals surface area (Å²) >= 11 is 6.11. The van der Waals surface area contributed by atoms with Crippen LogP contribution in [0.25, 0.3) is 23.1 Å². The van der Waals surface area contributed by atoms with Crippen LogP contribution in [0.4, 0.5) is 0 Å². The first-order valence-corrected chi connectivity index (χ1v) is 13.7. The zero-order valence-electron chi connectivity index (χ0n) is 20.2. The van der Waals surface area contributed by atoms with Gasteiger partial charge in [0, 0.05) is 21.5 Å². The normalized spacial score (nSPS) is 13.7. The van der Waals surface area contributed by atoms with E-state index < -0.39 is 15.7 Å². The van der Waals surface area contributed by atoms with Gasteiger partial charge in [-0.25, -0.2) is 4.98 Å². The van der Waals surface area contributed by atoms with E-state index in [-0.39, 0.29) is 5.78 Å². The van der Waals surface area contributed by atoms with Crippen molar-refractivity contribution < 1.29 is 17.4 Å². The molecule has 0 radical (unpaired) electrons. The number of Topliss-reactive ketones (excluding diaryl/α,β-unsaturated/α-hetero) is 1. The van der Waals surface area contributed by atoms with E-state index in [1.165, 1.54) is 6.92 Å². The molecule has 0 aliphatic carbocycles. The quantitative estimate of drug-likeness (QED) is 0.187. The molecule has 0 aliphatic rings. The zero-order chi connectivity index (χ0) is 25.9. The molecule has 7 heteroatoms. The Morgan fingerprint density at radius 1 is 1.00 bits per heavy atom. The molecule has 0 saturated carbocycles. The van der Waals surface area contributed by atoms with E-state index in [1.54, 1.807) is 24.3 Å². The Hall–Kier alpha value is -3.32. The summed E-state index contributed by atoms with van der Waals surface area (Å²) in [6.45, 7) is 3.30. The fourth-order valence-corrected chi connectivity index (χ4v) is 5.36. The number of pyridine rings is 1. The van der Waals surface area contributed by atoms with Crippen LogP contribution in [0.1, 0.15) is 53.0 Å². The Morgan fingerprint density at radius 3 is 2.47 bits per heavy atom. The molecule has 0 bridgehead atoms. The standard InChI is InChI=1S/C29H26ClNO4S/c1-4-29(35-36(3,33)34,27-11-6-5-10-26(27)20(2)32)23-9-7-8-21(18-23)12-16-25-17-14-22-13-15-24(30)19-28(22)31-25/h5-19H,4H2,1-3H3/t29-/m0/s1. The topological polar surface area (TPSA) is 73.3 Å². The van der Waals surface area contributed by atoms with Crippen molar-refractivity contribution in [2.24, 2.45) is 0 Å². The lowest BCUT2D eigenvalue weighted by molar-refractivity contribution is 0.0974. The van der Waals surface area contributed by atoms with Crippen LogP contribution in [0.15, 0.2) is 78.9 Å². The number of hydrogen-bond donors (Lipinski definition) is 0. The number of nitrogens with zero attached hydrogens (tertiary/aromatic N) is 1. The van der Waals surface area contributed by atoms with Gasteiger partial charge < -0.3 is 0 Å². The summed E-state index contributed by atoms with van der Waals surface area (Å²) in [6, 6.07) is 23.9. The average molecular weight is 520 g/mol. The van der Waals surface area contributed by atoms with Crippen molar-refractivity contribution in [3.05, 3.63) is 112 Å². The van der Waals surface area contributed by atoms with Crippen molar-refractivity contribution in [1.82, 2.24) is 4.98 Å². The predicted octanol–water partition coefficient (Wildman–Crippen LogP) is 6.89. The van der Waals surface area contributed by atoms with E-state index in [0.717, 1.165) is 28.4 Å². The van der Waals surface area contributed by atoms with Crippen molar-refractivity contribution in [3.8, 4) is 0 Å². The van der Waals surface area contributed by atoms with Gasteiger partial charge in [-0.15, -0.1) is 0 Å². The minimum absolute atomic E-state index is 0.168. The van der Waals surface area contributed by atoms with Crippen LogP contribution < -0.4 is 0 Å². The third-order valence-electron chi connectivity index (χ3n) is 6.01. The Bertz CT molecular complexity index is 1580. The summed E-state index contributed by atoms with van der Waals surface area (Å²) in [7, 11) is -3.88. The number of fused-ring (bicyclic) bond motifs is 1. The average Bonchev–Trinajstić information content (AvgIpc) is 2.85. The number of carbonyl (C=O) groups is 1. The maximum atomic E-state index is 12.4. The highest BCUT2D eigenvalue weighted by Crippen LogP contribution is 2.40. The Balaban J connectivity index is 1.80. The van der Waals surface area contributed by atoms with Crippen molar-refractivity contribution in [3.63, 3.8) is 0 Å². The molecule has 0 saturated heterocycles. The predicted molar refractivity (Wildman–Crippen MR) is 146 cm³/mol. The Morgan fingerprint density at radius 2 is 1.75 bits per heavy atom. The molecule has 0 N–H and O–H groups in total. The van der Waals surface area contributed by atoms with Crippen LogP contribution in [0.5, 0.6) is 0 Å². The van der Waals surface area contributed by atoms with Crippen LogP contribution in [0.3, 0.4) is 0 Å². The first-order valence-electron chi connectivity index (χ1n) is 11.5. The number of hydrogen-bond acceptors (Lipinski definition) is 5. The third-order valence-corrected chi connectivity index (χ3v) is 6.83. The summed E-state index contributed by atoms with van der Waals surface area (Å²) in [5, 5.41) is 1.62. The van der Waals surface area contributed by atoms with E-state index in [1.807, 2.05) is 73.7 Å². The lowest BCUT2D eigenvalue weighted by Gasteiger charge is -2.34. The summed E-state index contributed by atoms with van der Waals surface area (Å²) in [4.78, 5) is 17.1. The lowest BCUT2D eigenvalue weighted by atomic mass is 9.80. The maximum absolute atomic E-state index is 12.4. The Labute approximate surface area is 216 Å². The molecule has 3 aromatic carbocycles. The molecular formula is C29H26ClNO4S. The summed E-state index contributed by atoms with van der Waals surface area (Å²) < 4.78 is 30.6. The molecule has 4 aromatic rings. The number of halogens is 1. The first-order chi connectivity index (χ1) is 17.1. The van der Waals surface area contributed by atoms with E-state index >= 15 is 0 Å². The van der Waals surface area contributed by atoms with Crippen molar-refractivity contribution in [1.29, 1.82) is 0 Å². The summed E-state index contributed by atoms with van der Waals surface area (Å²) in [6.07, 6.45) is 5.10. The first kappa shape index (κ1) is 25.8. The smallest absolute Gasteiger partial charge is 0.265 e. The van der Waals surface area contributed by atoms with Gasteiger partial charge in [0.2, 0.25) is 0 Å². The van der Waals surface area contributed by atoms with Crippen LogP contribution in [-0.4, -0.2) is 25.4 Å². The number of benzene rings is 3. The van der Waals surface area contributed by atoms with Gasteiger partial charge in [0.1, 0.15) is 5.60 Å². The second-order valence-electron chi connectivity index (χ2n) is 8.60. The fraction of sp³-hybridized carbons (Fsp3) is 0.172.